The van der Waals surface area contributed by atoms with Gasteiger partial charge in [0.05, 0.1) is 18.2 Å². The Kier molecular flexibility index (Phi) is 8.53. The van der Waals surface area contributed by atoms with Crippen molar-refractivity contribution in [2.45, 2.75) is 72.1 Å². The zero-order valence-electron chi connectivity index (χ0n) is 21.4. The molecule has 1 heterocycles. The highest BCUT2D eigenvalue weighted by atomic mass is 16.6. The monoisotopic (exact) mass is 472 g/mol. The molecule has 1 aromatic heterocycles. The molecule has 0 spiro atoms. The second-order valence-electron chi connectivity index (χ2n) is 10.00. The van der Waals surface area contributed by atoms with E-state index in [2.05, 4.69) is 0 Å². The van der Waals surface area contributed by atoms with Crippen molar-refractivity contribution >= 4 is 29.1 Å². The second-order valence-corrected chi connectivity index (χ2v) is 10.00. The summed E-state index contributed by atoms with van der Waals surface area (Å²) in [6.45, 7) is 12.8. The number of nitrogens with zero attached hydrogens (tertiary/aromatic N) is 2. The molecule has 1 unspecified atom stereocenters. The van der Waals surface area contributed by atoms with E-state index in [4.69, 9.17) is 14.2 Å². The van der Waals surface area contributed by atoms with E-state index < -0.39 is 35.4 Å². The van der Waals surface area contributed by atoms with Crippen LogP contribution in [0.5, 0.6) is 0 Å². The predicted octanol–water partition coefficient (Wildman–Crippen LogP) is 5.32. The van der Waals surface area contributed by atoms with Crippen molar-refractivity contribution in [3.63, 3.8) is 0 Å². The smallest absolute Gasteiger partial charge is 0.419 e. The van der Waals surface area contributed by atoms with Crippen LogP contribution in [0.3, 0.4) is 0 Å². The van der Waals surface area contributed by atoms with Crippen LogP contribution in [-0.2, 0) is 25.4 Å². The lowest BCUT2D eigenvalue weighted by atomic mass is 10.0. The summed E-state index contributed by atoms with van der Waals surface area (Å²) in [4.78, 5) is 39.0. The molecule has 0 aliphatic rings. The normalized spacial score (nSPS) is 13.1. The predicted molar refractivity (Wildman–Crippen MR) is 131 cm³/mol. The highest BCUT2D eigenvalue weighted by Gasteiger charge is 2.27. The average Bonchev–Trinajstić information content (AvgIpc) is 3.07. The number of ether oxygens (including phenoxy) is 3. The summed E-state index contributed by atoms with van der Waals surface area (Å²) in [5.41, 5.74) is 0.188. The van der Waals surface area contributed by atoms with Gasteiger partial charge in [0, 0.05) is 24.7 Å². The molecule has 8 heteroatoms. The third-order valence-electron chi connectivity index (χ3n) is 4.73. The molecular formula is C26H36N2O6. The van der Waals surface area contributed by atoms with Gasteiger partial charge in [-0.3, -0.25) is 4.57 Å². The van der Waals surface area contributed by atoms with E-state index >= 15 is 0 Å². The van der Waals surface area contributed by atoms with Crippen molar-refractivity contribution in [2.75, 3.05) is 13.7 Å². The molecule has 0 radical (unpaired) electrons. The number of likely N-dealkylation sites (N-methyl/N-ethyl adjacent to an activating group) is 1. The largest absolute Gasteiger partial charge is 0.463 e. The van der Waals surface area contributed by atoms with Crippen LogP contribution in [0.4, 0.5) is 9.59 Å². The van der Waals surface area contributed by atoms with Gasteiger partial charge in [-0.2, -0.15) is 0 Å². The van der Waals surface area contributed by atoms with Crippen LogP contribution in [0, 0.1) is 0 Å². The molecule has 0 fully saturated rings. The van der Waals surface area contributed by atoms with Gasteiger partial charge in [0.25, 0.3) is 0 Å². The van der Waals surface area contributed by atoms with Crippen LogP contribution in [0.15, 0.2) is 42.6 Å². The number of hydrogen-bond acceptors (Lipinski definition) is 6. The molecule has 1 atom stereocenters. The number of benzene rings is 1. The molecule has 0 aliphatic heterocycles. The Morgan fingerprint density at radius 2 is 1.65 bits per heavy atom. The molecule has 2 aromatic rings. The molecule has 8 nitrogen and oxygen atoms in total. The Balaban J connectivity index is 2.45. The van der Waals surface area contributed by atoms with E-state index in [1.807, 2.05) is 45.0 Å². The molecule has 0 saturated heterocycles. The van der Waals surface area contributed by atoms with Crippen molar-refractivity contribution in [3.05, 3.63) is 48.2 Å². The fraction of sp³-hybridized carbons (Fsp3) is 0.500. The zero-order chi connectivity index (χ0) is 25.7. The lowest BCUT2D eigenvalue weighted by Gasteiger charge is -2.29. The summed E-state index contributed by atoms with van der Waals surface area (Å²) in [5, 5.41) is 0.848. The lowest BCUT2D eigenvalue weighted by Crippen LogP contribution is -2.41. The molecule has 0 N–H and O–H groups in total. The summed E-state index contributed by atoms with van der Waals surface area (Å²) in [7, 11) is 1.61. The third kappa shape index (κ3) is 7.64. The number of fused-ring (bicyclic) bond motifs is 1. The number of carbonyl (C=O) groups is 3. The maximum absolute atomic E-state index is 12.8. The molecule has 1 amide bonds. The first-order valence-corrected chi connectivity index (χ1v) is 11.3. The third-order valence-corrected chi connectivity index (χ3v) is 4.73. The average molecular weight is 473 g/mol. The topological polar surface area (TPSA) is 87.1 Å². The Labute approximate surface area is 201 Å². The number of amides is 1. The summed E-state index contributed by atoms with van der Waals surface area (Å²) in [6.07, 6.45) is 3.95. The summed E-state index contributed by atoms with van der Waals surface area (Å²) < 4.78 is 17.5. The van der Waals surface area contributed by atoms with E-state index in [0.717, 1.165) is 10.9 Å². The van der Waals surface area contributed by atoms with Gasteiger partial charge in [-0.15, -0.1) is 0 Å². The number of esters is 1. The maximum Gasteiger partial charge on any atom is 0.419 e. The summed E-state index contributed by atoms with van der Waals surface area (Å²) in [5.74, 6) is -0.499. The van der Waals surface area contributed by atoms with Gasteiger partial charge >= 0.3 is 18.2 Å². The van der Waals surface area contributed by atoms with Gasteiger partial charge in [0.1, 0.15) is 11.2 Å². The van der Waals surface area contributed by atoms with Crippen molar-refractivity contribution in [1.82, 2.24) is 9.47 Å². The van der Waals surface area contributed by atoms with Gasteiger partial charge in [0.2, 0.25) is 0 Å². The van der Waals surface area contributed by atoms with Gasteiger partial charge in [-0.05, 0) is 66.5 Å². The quantitative estimate of drug-likeness (QED) is 0.321. The Hall–Kier alpha value is -3.29. The van der Waals surface area contributed by atoms with E-state index in [9.17, 15) is 14.4 Å². The first-order valence-electron chi connectivity index (χ1n) is 11.3. The first kappa shape index (κ1) is 27.0. The number of carbonyl (C=O) groups excluding carboxylic acids is 3. The van der Waals surface area contributed by atoms with Crippen LogP contribution in [0.2, 0.25) is 0 Å². The van der Waals surface area contributed by atoms with Gasteiger partial charge in [0.15, 0.2) is 0 Å². The van der Waals surface area contributed by atoms with E-state index in [0.29, 0.717) is 11.9 Å². The van der Waals surface area contributed by atoms with Crippen molar-refractivity contribution < 1.29 is 28.6 Å². The Bertz CT molecular complexity index is 1060. The van der Waals surface area contributed by atoms with E-state index in [-0.39, 0.29) is 6.61 Å². The number of hydrogen-bond donors (Lipinski definition) is 0. The second kappa shape index (κ2) is 10.8. The SMILES string of the molecule is CCOC(=O)C=CC(Cc1cn(C(=O)OC(C)(C)C)c2ccccc12)N(C)C(=O)OC(C)(C)C. The summed E-state index contributed by atoms with van der Waals surface area (Å²) in [6, 6.07) is 6.94. The fourth-order valence-electron chi connectivity index (χ4n) is 3.28. The van der Waals surface area contributed by atoms with Crippen molar-refractivity contribution in [1.29, 1.82) is 0 Å². The van der Waals surface area contributed by atoms with Crippen molar-refractivity contribution in [3.8, 4) is 0 Å². The molecule has 186 valence electrons. The van der Waals surface area contributed by atoms with Crippen molar-refractivity contribution in [2.24, 2.45) is 0 Å². The minimum Gasteiger partial charge on any atom is -0.463 e. The number of rotatable bonds is 6. The van der Waals surface area contributed by atoms with Crippen LogP contribution in [-0.4, -0.2) is 58.5 Å². The van der Waals surface area contributed by atoms with E-state index in [1.54, 1.807) is 47.0 Å². The van der Waals surface area contributed by atoms with Crippen LogP contribution < -0.4 is 0 Å². The number of aromatic nitrogens is 1. The molecule has 34 heavy (non-hydrogen) atoms. The summed E-state index contributed by atoms with van der Waals surface area (Å²) >= 11 is 0. The van der Waals surface area contributed by atoms with Gasteiger partial charge in [-0.1, -0.05) is 24.3 Å². The zero-order valence-corrected chi connectivity index (χ0v) is 21.4. The molecule has 0 bridgehead atoms. The fourth-order valence-corrected chi connectivity index (χ4v) is 3.28. The first-order chi connectivity index (χ1) is 15.7. The van der Waals surface area contributed by atoms with Crippen LogP contribution in [0.1, 0.15) is 54.0 Å². The van der Waals surface area contributed by atoms with Gasteiger partial charge < -0.3 is 19.1 Å². The van der Waals surface area contributed by atoms with Crippen LogP contribution >= 0.6 is 0 Å². The molecule has 1 aromatic carbocycles. The minimum atomic E-state index is -0.673. The number of para-hydroxylation sites is 1. The Morgan fingerprint density at radius 1 is 1.03 bits per heavy atom. The van der Waals surface area contributed by atoms with Crippen LogP contribution in [0.25, 0.3) is 10.9 Å². The van der Waals surface area contributed by atoms with Gasteiger partial charge in [-0.25, -0.2) is 14.4 Å². The maximum atomic E-state index is 12.8. The van der Waals surface area contributed by atoms with E-state index in [1.165, 1.54) is 15.5 Å². The highest BCUT2D eigenvalue weighted by molar-refractivity contribution is 5.92. The highest BCUT2D eigenvalue weighted by Crippen LogP contribution is 2.25. The minimum absolute atomic E-state index is 0.249. The standard InChI is InChI=1S/C26H36N2O6/c1-9-32-22(29)15-14-19(27(8)23(30)33-25(2,3)4)16-18-17-28(24(31)34-26(5,6)7)21-13-11-10-12-20(18)21/h10-15,17,19H,9,16H2,1-8H3. The Morgan fingerprint density at radius 3 is 2.24 bits per heavy atom. The molecular weight excluding hydrogens is 436 g/mol. The molecule has 0 aliphatic carbocycles. The molecule has 2 rings (SSSR count). The molecule has 0 saturated carbocycles. The lowest BCUT2D eigenvalue weighted by molar-refractivity contribution is -0.137.